The van der Waals surface area contributed by atoms with E-state index in [1.807, 2.05) is 60.7 Å². The Balaban J connectivity index is 1.58. The molecule has 1 unspecified atom stereocenters. The minimum atomic E-state index is -0.563. The molecule has 1 heterocycles. The molecule has 5 heteroatoms. The van der Waals surface area contributed by atoms with Crippen molar-refractivity contribution in [2.24, 2.45) is 0 Å². The molecular formula is C22H24O5. The molecule has 0 fully saturated rings. The molecule has 2 aromatic carbocycles. The zero-order valence-corrected chi connectivity index (χ0v) is 15.3. The minimum Gasteiger partial charge on any atom is -0.492 e. The number of rotatable bonds is 8. The van der Waals surface area contributed by atoms with Crippen LogP contribution < -0.4 is 0 Å². The van der Waals surface area contributed by atoms with Gasteiger partial charge in [-0.1, -0.05) is 60.7 Å². The molecular weight excluding hydrogens is 344 g/mol. The van der Waals surface area contributed by atoms with Gasteiger partial charge in [0.15, 0.2) is 12.2 Å². The van der Waals surface area contributed by atoms with Gasteiger partial charge in [-0.05, 0) is 17.2 Å². The SMILES string of the molecule is CC(=O)O[C@@H]1C(COCc2ccccc2)OC=C[C@@H]1OCc1ccccc1. The number of hydrogen-bond acceptors (Lipinski definition) is 5. The summed E-state index contributed by atoms with van der Waals surface area (Å²) in [6.45, 7) is 2.56. The third-order valence-corrected chi connectivity index (χ3v) is 4.19. The van der Waals surface area contributed by atoms with Gasteiger partial charge < -0.3 is 18.9 Å². The highest BCUT2D eigenvalue weighted by Crippen LogP contribution is 2.21. The largest absolute Gasteiger partial charge is 0.492 e. The second kappa shape index (κ2) is 9.90. The summed E-state index contributed by atoms with van der Waals surface area (Å²) in [5, 5.41) is 0. The lowest BCUT2D eigenvalue weighted by Gasteiger charge is -2.33. The quantitative estimate of drug-likeness (QED) is 0.666. The maximum atomic E-state index is 11.6. The van der Waals surface area contributed by atoms with E-state index in [-0.39, 0.29) is 5.97 Å². The first-order valence-electron chi connectivity index (χ1n) is 8.99. The van der Waals surface area contributed by atoms with Crippen LogP contribution in [0.4, 0.5) is 0 Å². The van der Waals surface area contributed by atoms with Gasteiger partial charge >= 0.3 is 5.97 Å². The van der Waals surface area contributed by atoms with Crippen LogP contribution in [0, 0.1) is 0 Å². The van der Waals surface area contributed by atoms with Crippen LogP contribution in [0.2, 0.25) is 0 Å². The first kappa shape index (κ1) is 19.1. The van der Waals surface area contributed by atoms with E-state index >= 15 is 0 Å². The molecule has 0 aliphatic carbocycles. The van der Waals surface area contributed by atoms with E-state index in [0.29, 0.717) is 19.8 Å². The third kappa shape index (κ3) is 5.94. The summed E-state index contributed by atoms with van der Waals surface area (Å²) in [5.41, 5.74) is 2.13. The lowest BCUT2D eigenvalue weighted by molar-refractivity contribution is -0.172. The predicted molar refractivity (Wildman–Crippen MR) is 101 cm³/mol. The maximum absolute atomic E-state index is 11.6. The Hall–Kier alpha value is -2.63. The second-order valence-corrected chi connectivity index (χ2v) is 6.34. The second-order valence-electron chi connectivity index (χ2n) is 6.34. The number of carbonyl (C=O) groups is 1. The van der Waals surface area contributed by atoms with Crippen LogP contribution in [0.25, 0.3) is 0 Å². The van der Waals surface area contributed by atoms with Crippen LogP contribution in [-0.2, 0) is 37.0 Å². The molecule has 1 aliphatic rings. The van der Waals surface area contributed by atoms with Crippen LogP contribution in [0.5, 0.6) is 0 Å². The van der Waals surface area contributed by atoms with Crippen molar-refractivity contribution in [1.29, 1.82) is 0 Å². The molecule has 0 saturated heterocycles. The molecule has 0 amide bonds. The summed E-state index contributed by atoms with van der Waals surface area (Å²) in [4.78, 5) is 11.6. The van der Waals surface area contributed by atoms with Gasteiger partial charge in [0.2, 0.25) is 0 Å². The number of hydrogen-bond donors (Lipinski definition) is 0. The van der Waals surface area contributed by atoms with E-state index in [9.17, 15) is 4.79 Å². The fraction of sp³-hybridized carbons (Fsp3) is 0.318. The molecule has 0 spiro atoms. The zero-order chi connectivity index (χ0) is 18.9. The number of carbonyl (C=O) groups excluding carboxylic acids is 1. The molecule has 0 N–H and O–H groups in total. The van der Waals surface area contributed by atoms with Crippen molar-refractivity contribution in [1.82, 2.24) is 0 Å². The number of benzene rings is 2. The monoisotopic (exact) mass is 368 g/mol. The fourth-order valence-corrected chi connectivity index (χ4v) is 2.88. The third-order valence-electron chi connectivity index (χ3n) is 4.19. The molecule has 0 aromatic heterocycles. The Bertz CT molecular complexity index is 729. The van der Waals surface area contributed by atoms with E-state index in [1.165, 1.54) is 6.92 Å². The molecule has 1 aliphatic heterocycles. The average molecular weight is 368 g/mol. The van der Waals surface area contributed by atoms with Gasteiger partial charge in [0.25, 0.3) is 0 Å². The standard InChI is InChI=1S/C22H24O5/c1-17(23)27-22-20(26-15-19-10-6-3-7-11-19)12-13-25-21(22)16-24-14-18-8-4-2-5-9-18/h2-13,20-22H,14-16H2,1H3/t20-,21?,22-/m0/s1. The van der Waals surface area contributed by atoms with Crippen molar-refractivity contribution in [2.45, 2.75) is 38.4 Å². The predicted octanol–water partition coefficient (Wildman–Crippen LogP) is 3.63. The Morgan fingerprint density at radius 2 is 1.59 bits per heavy atom. The Morgan fingerprint density at radius 3 is 2.22 bits per heavy atom. The molecule has 5 nitrogen and oxygen atoms in total. The summed E-state index contributed by atoms with van der Waals surface area (Å²) in [5.74, 6) is -0.375. The van der Waals surface area contributed by atoms with Crippen molar-refractivity contribution in [3.8, 4) is 0 Å². The molecule has 3 rings (SSSR count). The van der Waals surface area contributed by atoms with E-state index in [2.05, 4.69) is 0 Å². The van der Waals surface area contributed by atoms with Gasteiger partial charge in [-0.15, -0.1) is 0 Å². The highest BCUT2D eigenvalue weighted by Gasteiger charge is 2.36. The molecule has 27 heavy (non-hydrogen) atoms. The van der Waals surface area contributed by atoms with Gasteiger partial charge in [0, 0.05) is 6.92 Å². The molecule has 2 aromatic rings. The molecule has 0 bridgehead atoms. The Morgan fingerprint density at radius 1 is 0.963 bits per heavy atom. The van der Waals surface area contributed by atoms with Crippen LogP contribution >= 0.6 is 0 Å². The van der Waals surface area contributed by atoms with Crippen LogP contribution in [-0.4, -0.2) is 30.9 Å². The van der Waals surface area contributed by atoms with Crippen LogP contribution in [0.15, 0.2) is 73.0 Å². The van der Waals surface area contributed by atoms with Crippen LogP contribution in [0.3, 0.4) is 0 Å². The van der Waals surface area contributed by atoms with Crippen molar-refractivity contribution in [3.05, 3.63) is 84.1 Å². The first-order chi connectivity index (χ1) is 13.2. The highest BCUT2D eigenvalue weighted by atomic mass is 16.6. The Kier molecular flexibility index (Phi) is 7.02. The number of ether oxygens (including phenoxy) is 4. The van der Waals surface area contributed by atoms with Gasteiger partial charge in [0.1, 0.15) is 6.10 Å². The highest BCUT2D eigenvalue weighted by molar-refractivity contribution is 5.66. The molecule has 142 valence electrons. The van der Waals surface area contributed by atoms with E-state index in [4.69, 9.17) is 18.9 Å². The summed E-state index contributed by atoms with van der Waals surface area (Å²) in [7, 11) is 0. The Labute approximate surface area is 159 Å². The summed E-state index contributed by atoms with van der Waals surface area (Å²) < 4.78 is 22.9. The molecule has 0 radical (unpaired) electrons. The van der Waals surface area contributed by atoms with Crippen LogP contribution in [0.1, 0.15) is 18.1 Å². The minimum absolute atomic E-state index is 0.294. The lowest BCUT2D eigenvalue weighted by Crippen LogP contribution is -2.46. The molecule has 0 saturated carbocycles. The average Bonchev–Trinajstić information content (AvgIpc) is 2.69. The smallest absolute Gasteiger partial charge is 0.303 e. The van der Waals surface area contributed by atoms with E-state index in [1.54, 1.807) is 12.3 Å². The normalized spacial score (nSPS) is 21.4. The summed E-state index contributed by atoms with van der Waals surface area (Å²) >= 11 is 0. The van der Waals surface area contributed by atoms with Crippen molar-refractivity contribution < 1.29 is 23.7 Å². The van der Waals surface area contributed by atoms with E-state index < -0.39 is 18.3 Å². The van der Waals surface area contributed by atoms with Gasteiger partial charge in [-0.2, -0.15) is 0 Å². The van der Waals surface area contributed by atoms with Crippen molar-refractivity contribution in [3.63, 3.8) is 0 Å². The van der Waals surface area contributed by atoms with Crippen molar-refractivity contribution in [2.75, 3.05) is 6.61 Å². The fourth-order valence-electron chi connectivity index (χ4n) is 2.88. The summed E-state index contributed by atoms with van der Waals surface area (Å²) in [6, 6.07) is 19.7. The molecule has 3 atom stereocenters. The number of esters is 1. The maximum Gasteiger partial charge on any atom is 0.303 e. The van der Waals surface area contributed by atoms with Gasteiger partial charge in [0.05, 0.1) is 26.1 Å². The summed E-state index contributed by atoms with van der Waals surface area (Å²) in [6.07, 6.45) is 1.97. The first-order valence-corrected chi connectivity index (χ1v) is 8.99. The topological polar surface area (TPSA) is 54.0 Å². The van der Waals surface area contributed by atoms with Gasteiger partial charge in [-0.3, -0.25) is 4.79 Å². The zero-order valence-electron chi connectivity index (χ0n) is 15.3. The van der Waals surface area contributed by atoms with Gasteiger partial charge in [-0.25, -0.2) is 0 Å². The lowest BCUT2D eigenvalue weighted by atomic mass is 10.1. The van der Waals surface area contributed by atoms with Crippen molar-refractivity contribution >= 4 is 5.97 Å². The van der Waals surface area contributed by atoms with E-state index in [0.717, 1.165) is 11.1 Å².